The van der Waals surface area contributed by atoms with Gasteiger partial charge in [-0.15, -0.1) is 0 Å². The minimum atomic E-state index is -3.84. The van der Waals surface area contributed by atoms with E-state index in [2.05, 4.69) is 15.9 Å². The molecule has 1 aliphatic rings. The molecule has 0 saturated carbocycles. The summed E-state index contributed by atoms with van der Waals surface area (Å²) in [6.45, 7) is -0.00477. The fourth-order valence-corrected chi connectivity index (χ4v) is 4.29. The molecule has 5 nitrogen and oxygen atoms in total. The van der Waals surface area contributed by atoms with Crippen molar-refractivity contribution in [1.29, 1.82) is 0 Å². The summed E-state index contributed by atoms with van der Waals surface area (Å²) in [5, 5.41) is 0. The molecule has 1 aliphatic heterocycles. The number of hydrogen-bond donors (Lipinski definition) is 1. The lowest BCUT2D eigenvalue weighted by atomic mass is 10.2. The number of sulfonamides is 1. The summed E-state index contributed by atoms with van der Waals surface area (Å²) in [7, 11) is -3.84. The van der Waals surface area contributed by atoms with Crippen LogP contribution in [-0.2, 0) is 16.6 Å². The van der Waals surface area contributed by atoms with E-state index in [0.29, 0.717) is 5.69 Å². The quantitative estimate of drug-likeness (QED) is 0.827. The lowest BCUT2D eigenvalue weighted by Gasteiger charge is -2.15. The first-order valence-electron chi connectivity index (χ1n) is 6.10. The molecule has 0 radical (unpaired) electrons. The van der Waals surface area contributed by atoms with E-state index in [9.17, 15) is 13.2 Å². The number of halogens is 1. The van der Waals surface area contributed by atoms with Gasteiger partial charge in [-0.2, -0.15) is 0 Å². The van der Waals surface area contributed by atoms with Crippen LogP contribution in [0.2, 0.25) is 0 Å². The molecule has 1 amide bonds. The Morgan fingerprint density at radius 1 is 1.14 bits per heavy atom. The summed E-state index contributed by atoms with van der Waals surface area (Å²) >= 11 is 3.32. The fraction of sp³-hybridized carbons (Fsp3) is 0.0714. The molecule has 3 rings (SSSR count). The van der Waals surface area contributed by atoms with E-state index in [4.69, 9.17) is 5.73 Å². The highest BCUT2D eigenvalue weighted by atomic mass is 79.9. The van der Waals surface area contributed by atoms with Crippen LogP contribution in [0.4, 0.5) is 5.69 Å². The molecule has 2 aromatic carbocycles. The highest BCUT2D eigenvalue weighted by Gasteiger charge is 2.41. The van der Waals surface area contributed by atoms with Crippen LogP contribution in [-0.4, -0.2) is 18.6 Å². The van der Waals surface area contributed by atoms with E-state index in [-0.39, 0.29) is 17.0 Å². The molecule has 2 aromatic rings. The van der Waals surface area contributed by atoms with E-state index >= 15 is 0 Å². The molecule has 0 spiro atoms. The first-order valence-corrected chi connectivity index (χ1v) is 8.34. The molecule has 21 heavy (non-hydrogen) atoms. The van der Waals surface area contributed by atoms with Crippen molar-refractivity contribution in [3.63, 3.8) is 0 Å². The SMILES string of the molecule is Nc1ccc2c(c1)S(=O)(=O)N(Cc1cccc(Br)c1)C2=O. The largest absolute Gasteiger partial charge is 0.399 e. The topological polar surface area (TPSA) is 80.5 Å². The lowest BCUT2D eigenvalue weighted by Crippen LogP contribution is -2.29. The molecule has 0 unspecified atom stereocenters. The molecule has 0 atom stereocenters. The average Bonchev–Trinajstić information content (AvgIpc) is 2.60. The summed E-state index contributed by atoms with van der Waals surface area (Å²) in [4.78, 5) is 12.3. The maximum atomic E-state index is 12.5. The van der Waals surface area contributed by atoms with Crippen LogP contribution in [0.3, 0.4) is 0 Å². The maximum absolute atomic E-state index is 12.5. The predicted octanol–water partition coefficient (Wildman–Crippen LogP) is 2.38. The highest BCUT2D eigenvalue weighted by molar-refractivity contribution is 9.10. The van der Waals surface area contributed by atoms with E-state index in [1.165, 1.54) is 18.2 Å². The smallest absolute Gasteiger partial charge is 0.269 e. The molecule has 0 fully saturated rings. The van der Waals surface area contributed by atoms with Crippen LogP contribution in [0.5, 0.6) is 0 Å². The van der Waals surface area contributed by atoms with Gasteiger partial charge < -0.3 is 5.73 Å². The molecule has 0 bridgehead atoms. The number of nitrogens with zero attached hydrogens (tertiary/aromatic N) is 1. The number of carbonyl (C=O) groups excluding carboxylic acids is 1. The number of nitrogens with two attached hydrogens (primary N) is 1. The second-order valence-electron chi connectivity index (χ2n) is 4.70. The van der Waals surface area contributed by atoms with Gasteiger partial charge in [0.05, 0.1) is 12.1 Å². The Hall–Kier alpha value is -1.86. The number of anilines is 1. The molecule has 2 N–H and O–H groups in total. The lowest BCUT2D eigenvalue weighted by molar-refractivity contribution is 0.0865. The Labute approximate surface area is 130 Å². The van der Waals surface area contributed by atoms with Gasteiger partial charge in [-0.1, -0.05) is 28.1 Å². The van der Waals surface area contributed by atoms with Crippen molar-refractivity contribution in [3.05, 3.63) is 58.1 Å². The third-order valence-electron chi connectivity index (χ3n) is 3.25. The Kier molecular flexibility index (Phi) is 3.26. The maximum Gasteiger partial charge on any atom is 0.269 e. The Bertz CT molecular complexity index is 849. The second kappa shape index (κ2) is 4.85. The van der Waals surface area contributed by atoms with E-state index in [1.807, 2.05) is 6.07 Å². The van der Waals surface area contributed by atoms with Gasteiger partial charge in [0.2, 0.25) is 0 Å². The minimum Gasteiger partial charge on any atom is -0.399 e. The van der Waals surface area contributed by atoms with Crippen LogP contribution in [0.1, 0.15) is 15.9 Å². The molecule has 108 valence electrons. The van der Waals surface area contributed by atoms with Gasteiger partial charge in [-0.25, -0.2) is 12.7 Å². The molecule has 1 heterocycles. The van der Waals surface area contributed by atoms with Crippen molar-refractivity contribution in [2.45, 2.75) is 11.4 Å². The number of nitrogen functional groups attached to an aromatic ring is 1. The van der Waals surface area contributed by atoms with E-state index < -0.39 is 15.9 Å². The van der Waals surface area contributed by atoms with Gasteiger partial charge >= 0.3 is 0 Å². The predicted molar refractivity (Wildman–Crippen MR) is 82.1 cm³/mol. The van der Waals surface area contributed by atoms with Gasteiger partial charge in [-0.05, 0) is 35.9 Å². The first kappa shape index (κ1) is 14.1. The molecule has 0 aromatic heterocycles. The molecule has 0 aliphatic carbocycles. The number of amides is 1. The van der Waals surface area contributed by atoms with Crippen LogP contribution in [0, 0.1) is 0 Å². The standard InChI is InChI=1S/C14H11BrN2O3S/c15-10-3-1-2-9(6-10)8-17-14(18)12-5-4-11(16)7-13(12)21(17,19)20/h1-7H,8,16H2. The van der Waals surface area contributed by atoms with Crippen molar-refractivity contribution < 1.29 is 13.2 Å². The molecular weight excluding hydrogens is 356 g/mol. The van der Waals surface area contributed by atoms with Gasteiger partial charge in [-0.3, -0.25) is 4.79 Å². The monoisotopic (exact) mass is 366 g/mol. The summed E-state index contributed by atoms with van der Waals surface area (Å²) in [5.41, 5.74) is 6.82. The Morgan fingerprint density at radius 2 is 1.90 bits per heavy atom. The van der Waals surface area contributed by atoms with Gasteiger partial charge in [0.1, 0.15) is 4.90 Å². The number of hydrogen-bond acceptors (Lipinski definition) is 4. The number of carbonyl (C=O) groups is 1. The summed E-state index contributed by atoms with van der Waals surface area (Å²) in [5.74, 6) is -0.523. The number of benzene rings is 2. The Morgan fingerprint density at radius 3 is 2.62 bits per heavy atom. The normalized spacial score (nSPS) is 16.0. The summed E-state index contributed by atoms with van der Waals surface area (Å²) < 4.78 is 26.6. The number of rotatable bonds is 2. The highest BCUT2D eigenvalue weighted by Crippen LogP contribution is 2.33. The van der Waals surface area contributed by atoms with Gasteiger partial charge in [0.25, 0.3) is 15.9 Å². The van der Waals surface area contributed by atoms with Gasteiger partial charge in [0.15, 0.2) is 0 Å². The number of fused-ring (bicyclic) bond motifs is 1. The zero-order valence-corrected chi connectivity index (χ0v) is 13.2. The third-order valence-corrected chi connectivity index (χ3v) is 5.51. The van der Waals surface area contributed by atoms with Crippen molar-refractivity contribution in [2.24, 2.45) is 0 Å². The van der Waals surface area contributed by atoms with Crippen LogP contribution >= 0.6 is 15.9 Å². The first-order chi connectivity index (χ1) is 9.89. The van der Waals surface area contributed by atoms with Crippen molar-refractivity contribution in [1.82, 2.24) is 4.31 Å². The minimum absolute atomic E-state index is 0.00477. The van der Waals surface area contributed by atoms with E-state index in [1.54, 1.807) is 18.2 Å². The zero-order chi connectivity index (χ0) is 15.2. The van der Waals surface area contributed by atoms with Crippen LogP contribution in [0.15, 0.2) is 51.8 Å². The van der Waals surface area contributed by atoms with Gasteiger partial charge in [0, 0.05) is 10.2 Å². The van der Waals surface area contributed by atoms with Crippen molar-refractivity contribution >= 4 is 37.5 Å². The molecular formula is C14H11BrN2O3S. The molecule has 0 saturated heterocycles. The summed E-state index contributed by atoms with van der Waals surface area (Å²) in [6, 6.07) is 11.5. The molecule has 7 heteroatoms. The fourth-order valence-electron chi connectivity index (χ4n) is 2.25. The van der Waals surface area contributed by atoms with Crippen molar-refractivity contribution in [2.75, 3.05) is 5.73 Å². The van der Waals surface area contributed by atoms with Crippen molar-refractivity contribution in [3.8, 4) is 0 Å². The van der Waals surface area contributed by atoms with E-state index in [0.717, 1.165) is 14.3 Å². The second-order valence-corrected chi connectivity index (χ2v) is 7.45. The zero-order valence-electron chi connectivity index (χ0n) is 10.8. The Balaban J connectivity index is 2.04. The average molecular weight is 367 g/mol. The summed E-state index contributed by atoms with van der Waals surface area (Å²) in [6.07, 6.45) is 0. The van der Waals surface area contributed by atoms with Crippen LogP contribution < -0.4 is 5.73 Å². The third kappa shape index (κ3) is 2.32. The van der Waals surface area contributed by atoms with Crippen LogP contribution in [0.25, 0.3) is 0 Å².